The fraction of sp³-hybridized carbons (Fsp3) is 0.579. The maximum Gasteiger partial charge on any atom is 0.251 e. The van der Waals surface area contributed by atoms with E-state index in [1.165, 1.54) is 12.1 Å². The molecule has 1 unspecified atom stereocenters. The molecule has 0 aromatic heterocycles. The molecule has 2 aliphatic rings. The van der Waals surface area contributed by atoms with Gasteiger partial charge in [-0.1, -0.05) is 15.9 Å². The first kappa shape index (κ1) is 23.3. The number of carbonyl (C=O) groups excluding carboxylic acids is 1. The van der Waals surface area contributed by atoms with Crippen molar-refractivity contribution in [2.45, 2.75) is 32.4 Å². The predicted molar refractivity (Wildman–Crippen MR) is 121 cm³/mol. The van der Waals surface area contributed by atoms with Crippen molar-refractivity contribution in [1.82, 2.24) is 15.1 Å². The summed E-state index contributed by atoms with van der Waals surface area (Å²) < 4.78 is 19.8. The largest absolute Gasteiger partial charge is 0.368 e. The summed E-state index contributed by atoms with van der Waals surface area (Å²) in [6.45, 7) is 6.61. The van der Waals surface area contributed by atoms with Crippen molar-refractivity contribution in [3.05, 3.63) is 34.1 Å². The third kappa shape index (κ3) is 6.28. The van der Waals surface area contributed by atoms with E-state index in [1.807, 2.05) is 17.9 Å². The highest BCUT2D eigenvalue weighted by molar-refractivity contribution is 14.0. The molecule has 28 heavy (non-hydrogen) atoms. The second-order valence-corrected chi connectivity index (χ2v) is 7.68. The molecule has 0 saturated carbocycles. The molecule has 1 N–H and O–H groups in total. The summed E-state index contributed by atoms with van der Waals surface area (Å²) in [7, 11) is 0. The Morgan fingerprint density at radius 1 is 1.29 bits per heavy atom. The lowest BCUT2D eigenvalue weighted by Crippen LogP contribution is -2.55. The number of guanidine groups is 1. The van der Waals surface area contributed by atoms with Gasteiger partial charge in [0.05, 0.1) is 6.54 Å². The Morgan fingerprint density at radius 2 is 2.00 bits per heavy atom. The van der Waals surface area contributed by atoms with E-state index >= 15 is 0 Å². The number of nitrogens with zero attached hydrogens (tertiary/aromatic N) is 3. The standard InChI is InChI=1S/C19H26BrFN4O2.HI/c1-2-22-19(23-13-14-10-15(20)12-16(21)11-14)25-7-5-24(6-8-25)18(26)17-4-3-9-27-17;/h10-12,17H,2-9,13H2,1H3,(H,22,23);1H. The summed E-state index contributed by atoms with van der Waals surface area (Å²) in [5, 5.41) is 3.29. The number of ether oxygens (including phenoxy) is 1. The van der Waals surface area contributed by atoms with Gasteiger partial charge in [0, 0.05) is 43.8 Å². The average Bonchev–Trinajstić information content (AvgIpc) is 3.19. The highest BCUT2D eigenvalue weighted by Gasteiger charge is 2.30. The van der Waals surface area contributed by atoms with E-state index < -0.39 is 0 Å². The maximum absolute atomic E-state index is 13.5. The molecule has 2 aliphatic heterocycles. The van der Waals surface area contributed by atoms with Gasteiger partial charge in [0.2, 0.25) is 0 Å². The topological polar surface area (TPSA) is 57.2 Å². The van der Waals surface area contributed by atoms with Crippen LogP contribution in [0.5, 0.6) is 0 Å². The van der Waals surface area contributed by atoms with Crippen molar-refractivity contribution in [2.24, 2.45) is 4.99 Å². The summed E-state index contributed by atoms with van der Waals surface area (Å²) in [5.41, 5.74) is 0.810. The number of amides is 1. The fourth-order valence-electron chi connectivity index (χ4n) is 3.41. The van der Waals surface area contributed by atoms with Gasteiger partial charge in [-0.3, -0.25) is 4.79 Å². The lowest BCUT2D eigenvalue weighted by Gasteiger charge is -2.37. The first-order valence-electron chi connectivity index (χ1n) is 9.45. The van der Waals surface area contributed by atoms with Crippen LogP contribution in [0.25, 0.3) is 0 Å². The van der Waals surface area contributed by atoms with E-state index in [9.17, 15) is 9.18 Å². The molecular weight excluding hydrogens is 542 g/mol. The SMILES string of the molecule is CCNC(=NCc1cc(F)cc(Br)c1)N1CCN(C(=O)C2CCCO2)CC1.I. The quantitative estimate of drug-likeness (QED) is 0.345. The van der Waals surface area contributed by atoms with Gasteiger partial charge in [0.1, 0.15) is 11.9 Å². The Hall–Kier alpha value is -0.940. The van der Waals surface area contributed by atoms with Crippen molar-refractivity contribution in [3.63, 3.8) is 0 Å². The molecule has 6 nitrogen and oxygen atoms in total. The molecule has 1 atom stereocenters. The van der Waals surface area contributed by atoms with E-state index in [2.05, 4.69) is 31.1 Å². The van der Waals surface area contributed by atoms with Gasteiger partial charge in [0.15, 0.2) is 5.96 Å². The van der Waals surface area contributed by atoms with Crippen LogP contribution < -0.4 is 5.32 Å². The zero-order chi connectivity index (χ0) is 19.2. The maximum atomic E-state index is 13.5. The van der Waals surface area contributed by atoms with Crippen molar-refractivity contribution in [3.8, 4) is 0 Å². The lowest BCUT2D eigenvalue weighted by atomic mass is 10.2. The number of aliphatic imine (C=N–C) groups is 1. The lowest BCUT2D eigenvalue weighted by molar-refractivity contribution is -0.142. The summed E-state index contributed by atoms with van der Waals surface area (Å²) >= 11 is 3.31. The zero-order valence-corrected chi connectivity index (χ0v) is 19.9. The van der Waals surface area contributed by atoms with E-state index in [0.717, 1.165) is 44.0 Å². The van der Waals surface area contributed by atoms with Crippen LogP contribution in [-0.4, -0.2) is 67.1 Å². The van der Waals surface area contributed by atoms with Gasteiger partial charge >= 0.3 is 0 Å². The van der Waals surface area contributed by atoms with Crippen LogP contribution in [0.2, 0.25) is 0 Å². The zero-order valence-electron chi connectivity index (χ0n) is 16.0. The molecule has 1 aromatic rings. The predicted octanol–water partition coefficient (Wildman–Crippen LogP) is 2.99. The Bertz CT molecular complexity index is 672. The Kier molecular flexibility index (Phi) is 9.42. The van der Waals surface area contributed by atoms with Crippen LogP contribution in [0, 0.1) is 5.82 Å². The minimum atomic E-state index is -0.277. The van der Waals surface area contributed by atoms with Gasteiger partial charge in [-0.05, 0) is 43.5 Å². The summed E-state index contributed by atoms with van der Waals surface area (Å²) in [4.78, 5) is 21.2. The van der Waals surface area contributed by atoms with Crippen LogP contribution in [0.4, 0.5) is 4.39 Å². The van der Waals surface area contributed by atoms with Gasteiger partial charge in [0.25, 0.3) is 5.91 Å². The second-order valence-electron chi connectivity index (χ2n) is 6.76. The van der Waals surface area contributed by atoms with E-state index in [4.69, 9.17) is 4.74 Å². The molecule has 2 heterocycles. The van der Waals surface area contributed by atoms with Crippen LogP contribution in [0.3, 0.4) is 0 Å². The van der Waals surface area contributed by atoms with Gasteiger partial charge in [-0.2, -0.15) is 0 Å². The van der Waals surface area contributed by atoms with Crippen molar-refractivity contribution in [1.29, 1.82) is 0 Å². The van der Waals surface area contributed by atoms with Crippen LogP contribution >= 0.6 is 39.9 Å². The second kappa shape index (κ2) is 11.3. The number of rotatable bonds is 4. The van der Waals surface area contributed by atoms with Crippen LogP contribution in [-0.2, 0) is 16.1 Å². The molecule has 0 spiro atoms. The number of hydrogen-bond acceptors (Lipinski definition) is 3. The highest BCUT2D eigenvalue weighted by Crippen LogP contribution is 2.17. The van der Waals surface area contributed by atoms with Gasteiger partial charge < -0.3 is 19.9 Å². The first-order valence-corrected chi connectivity index (χ1v) is 10.2. The first-order chi connectivity index (χ1) is 13.1. The van der Waals surface area contributed by atoms with E-state index in [0.29, 0.717) is 30.7 Å². The Labute approximate surface area is 191 Å². The third-order valence-electron chi connectivity index (χ3n) is 4.76. The minimum absolute atomic E-state index is 0. The summed E-state index contributed by atoms with van der Waals surface area (Å²) in [6.07, 6.45) is 1.53. The molecular formula is C19H27BrFIN4O2. The van der Waals surface area contributed by atoms with Crippen LogP contribution in [0.1, 0.15) is 25.3 Å². The molecule has 0 bridgehead atoms. The molecule has 2 saturated heterocycles. The van der Waals surface area contributed by atoms with Crippen molar-refractivity contribution >= 4 is 51.8 Å². The van der Waals surface area contributed by atoms with Crippen LogP contribution in [0.15, 0.2) is 27.7 Å². The van der Waals surface area contributed by atoms with Crippen molar-refractivity contribution < 1.29 is 13.9 Å². The number of halogens is 3. The highest BCUT2D eigenvalue weighted by atomic mass is 127. The molecule has 0 radical (unpaired) electrons. The Morgan fingerprint density at radius 3 is 2.61 bits per heavy atom. The summed E-state index contributed by atoms with van der Waals surface area (Å²) in [5.74, 6) is 0.627. The average molecular weight is 569 g/mol. The number of hydrogen-bond donors (Lipinski definition) is 1. The van der Waals surface area contributed by atoms with Gasteiger partial charge in [-0.15, -0.1) is 24.0 Å². The monoisotopic (exact) mass is 568 g/mol. The molecule has 0 aliphatic carbocycles. The van der Waals surface area contributed by atoms with Gasteiger partial charge in [-0.25, -0.2) is 9.38 Å². The van der Waals surface area contributed by atoms with Crippen molar-refractivity contribution in [2.75, 3.05) is 39.3 Å². The van der Waals surface area contributed by atoms with E-state index in [-0.39, 0.29) is 41.8 Å². The fourth-order valence-corrected chi connectivity index (χ4v) is 3.92. The molecule has 2 fully saturated rings. The molecule has 1 amide bonds. The molecule has 1 aromatic carbocycles. The third-order valence-corrected chi connectivity index (χ3v) is 5.22. The summed E-state index contributed by atoms with van der Waals surface area (Å²) in [6, 6.07) is 4.80. The molecule has 9 heteroatoms. The number of piperazine rings is 1. The number of nitrogens with one attached hydrogen (secondary N) is 1. The smallest absolute Gasteiger partial charge is 0.251 e. The molecule has 3 rings (SSSR count). The Balaban J connectivity index is 0.00000280. The number of carbonyl (C=O) groups is 1. The molecule has 156 valence electrons. The minimum Gasteiger partial charge on any atom is -0.368 e. The normalized spacial score (nSPS) is 20.1. The van der Waals surface area contributed by atoms with E-state index in [1.54, 1.807) is 0 Å². The number of benzene rings is 1.